The number of carbonyl (C=O) groups is 5. The first-order chi connectivity index (χ1) is 16.4. The molecule has 1 aliphatic rings. The van der Waals surface area contributed by atoms with Gasteiger partial charge in [-0.05, 0) is 39.0 Å². The molecule has 1 fully saturated rings. The molecular formula is C20H23Cl2N7O6. The quantitative estimate of drug-likeness (QED) is 0.299. The molecule has 1 saturated heterocycles. The summed E-state index contributed by atoms with van der Waals surface area (Å²) in [6.07, 6.45) is 0. The predicted octanol–water partition coefficient (Wildman–Crippen LogP) is 2.24. The molecule has 1 aromatic carbocycles. The average Bonchev–Trinajstić information content (AvgIpc) is 3.05. The minimum atomic E-state index is -0.903. The van der Waals surface area contributed by atoms with Crippen molar-refractivity contribution in [3.63, 3.8) is 0 Å². The first kappa shape index (κ1) is 29.1. The highest BCUT2D eigenvalue weighted by Gasteiger charge is 2.41. The molecule has 2 rings (SSSR count). The van der Waals surface area contributed by atoms with E-state index in [4.69, 9.17) is 28.5 Å². The van der Waals surface area contributed by atoms with E-state index in [-0.39, 0.29) is 18.3 Å². The Balaban J connectivity index is 0.000000383. The lowest BCUT2D eigenvalue weighted by atomic mass is 10.3. The topological polar surface area (TPSA) is 173 Å². The van der Waals surface area contributed by atoms with Crippen LogP contribution in [0.25, 0.3) is 0 Å². The number of anilines is 1. The van der Waals surface area contributed by atoms with Gasteiger partial charge in [-0.2, -0.15) is 5.26 Å². The summed E-state index contributed by atoms with van der Waals surface area (Å²) in [6.45, 7) is 5.27. The molecule has 8 amide bonds. The Hall–Kier alpha value is -3.89. The molecule has 1 heterocycles. The molecule has 0 saturated carbocycles. The zero-order valence-corrected chi connectivity index (χ0v) is 20.7. The lowest BCUT2D eigenvalue weighted by molar-refractivity contribution is -0.116. The summed E-state index contributed by atoms with van der Waals surface area (Å²) in [6, 6.07) is 3.68. The summed E-state index contributed by atoms with van der Waals surface area (Å²) in [4.78, 5) is 64.0. The van der Waals surface area contributed by atoms with Crippen LogP contribution in [0.4, 0.5) is 20.1 Å². The van der Waals surface area contributed by atoms with Crippen molar-refractivity contribution in [2.24, 2.45) is 5.16 Å². The van der Waals surface area contributed by atoms with Crippen LogP contribution in [0.5, 0.6) is 0 Å². The SMILES string of the molecule is CC(C)NC(=O)N1CC(=O)N(c2cc(Cl)cc(Cl)c2)C1=O.CCNC(=O)NC(=O)/C(C#N)=N/OC. The lowest BCUT2D eigenvalue weighted by Crippen LogP contribution is -2.45. The van der Waals surface area contributed by atoms with Crippen LogP contribution in [0.2, 0.25) is 10.0 Å². The van der Waals surface area contributed by atoms with Gasteiger partial charge in [0, 0.05) is 22.6 Å². The fourth-order valence-corrected chi connectivity index (χ4v) is 2.99. The van der Waals surface area contributed by atoms with Crippen LogP contribution in [0, 0.1) is 11.3 Å². The van der Waals surface area contributed by atoms with Gasteiger partial charge in [0.05, 0.1) is 5.69 Å². The van der Waals surface area contributed by atoms with Crippen molar-refractivity contribution in [3.05, 3.63) is 28.2 Å². The largest absolute Gasteiger partial charge is 0.398 e. The molecule has 13 nitrogen and oxygen atoms in total. The highest BCUT2D eigenvalue weighted by atomic mass is 35.5. The third-order valence-electron chi connectivity index (χ3n) is 3.80. The third kappa shape index (κ3) is 8.76. The number of nitrogens with zero attached hydrogens (tertiary/aromatic N) is 4. The Morgan fingerprint density at radius 1 is 1.20 bits per heavy atom. The smallest absolute Gasteiger partial charge is 0.340 e. The van der Waals surface area contributed by atoms with Gasteiger partial charge >= 0.3 is 18.1 Å². The molecule has 35 heavy (non-hydrogen) atoms. The van der Waals surface area contributed by atoms with E-state index < -0.39 is 35.6 Å². The summed E-state index contributed by atoms with van der Waals surface area (Å²) in [7, 11) is 1.19. The van der Waals surface area contributed by atoms with Crippen molar-refractivity contribution in [3.8, 4) is 6.07 Å². The van der Waals surface area contributed by atoms with Gasteiger partial charge in [0.25, 0.3) is 11.8 Å². The number of urea groups is 3. The van der Waals surface area contributed by atoms with Gasteiger partial charge < -0.3 is 15.5 Å². The Kier molecular flexibility index (Phi) is 11.4. The summed E-state index contributed by atoms with van der Waals surface area (Å²) in [5, 5.41) is 18.9. The monoisotopic (exact) mass is 527 g/mol. The van der Waals surface area contributed by atoms with Crippen molar-refractivity contribution >= 4 is 64.5 Å². The zero-order chi connectivity index (χ0) is 26.7. The van der Waals surface area contributed by atoms with Crippen LogP contribution in [0.15, 0.2) is 23.4 Å². The summed E-state index contributed by atoms with van der Waals surface area (Å²) in [5.74, 6) is -1.42. The maximum Gasteiger partial charge on any atom is 0.340 e. The van der Waals surface area contributed by atoms with Crippen molar-refractivity contribution in [2.75, 3.05) is 25.1 Å². The number of hydrogen-bond acceptors (Lipinski definition) is 8. The standard InChI is InChI=1S/C13H13Cl2N3O3.C7H10N4O3/c1-7(2)16-12(20)17-6-11(19)18(13(17)21)10-4-8(14)3-9(15)5-10;1-3-9-7(13)10-6(12)5(4-8)11-14-2/h3-5,7H,6H2,1-2H3,(H,16,20);3H2,1-2H3,(H2,9,10,12,13)/b;11-5+. The van der Waals surface area contributed by atoms with E-state index in [1.54, 1.807) is 20.8 Å². The van der Waals surface area contributed by atoms with Gasteiger partial charge in [0.2, 0.25) is 5.71 Å². The Morgan fingerprint density at radius 2 is 1.80 bits per heavy atom. The molecule has 0 radical (unpaired) electrons. The van der Waals surface area contributed by atoms with E-state index in [1.807, 2.05) is 5.32 Å². The highest BCUT2D eigenvalue weighted by molar-refractivity contribution is 6.46. The average molecular weight is 528 g/mol. The van der Waals surface area contributed by atoms with Gasteiger partial charge in [0.1, 0.15) is 19.7 Å². The van der Waals surface area contributed by atoms with Crippen molar-refractivity contribution in [1.29, 1.82) is 5.26 Å². The maximum atomic E-state index is 12.2. The van der Waals surface area contributed by atoms with E-state index >= 15 is 0 Å². The summed E-state index contributed by atoms with van der Waals surface area (Å²) < 4.78 is 0. The zero-order valence-electron chi connectivity index (χ0n) is 19.2. The van der Waals surface area contributed by atoms with Crippen LogP contribution in [0.1, 0.15) is 20.8 Å². The van der Waals surface area contributed by atoms with Crippen molar-refractivity contribution in [1.82, 2.24) is 20.9 Å². The van der Waals surface area contributed by atoms with Gasteiger partial charge in [-0.25, -0.2) is 24.2 Å². The number of carbonyl (C=O) groups excluding carboxylic acids is 5. The number of oxime groups is 1. The molecule has 0 unspecified atom stereocenters. The fourth-order valence-electron chi connectivity index (χ4n) is 2.48. The molecule has 0 spiro atoms. The summed E-state index contributed by atoms with van der Waals surface area (Å²) >= 11 is 11.7. The number of imide groups is 3. The maximum absolute atomic E-state index is 12.2. The molecule has 3 N–H and O–H groups in total. The molecule has 0 aromatic heterocycles. The Morgan fingerprint density at radius 3 is 2.29 bits per heavy atom. The number of hydrogen-bond donors (Lipinski definition) is 3. The minimum Gasteiger partial charge on any atom is -0.398 e. The van der Waals surface area contributed by atoms with E-state index in [2.05, 4.69) is 20.6 Å². The van der Waals surface area contributed by atoms with E-state index in [9.17, 15) is 24.0 Å². The van der Waals surface area contributed by atoms with Gasteiger partial charge in [-0.15, -0.1) is 0 Å². The van der Waals surface area contributed by atoms with Crippen LogP contribution in [0.3, 0.4) is 0 Å². The van der Waals surface area contributed by atoms with E-state index in [0.29, 0.717) is 16.6 Å². The van der Waals surface area contributed by atoms with Gasteiger partial charge in [-0.1, -0.05) is 28.4 Å². The number of nitrogens with one attached hydrogen (secondary N) is 3. The number of halogens is 2. The first-order valence-electron chi connectivity index (χ1n) is 9.96. The number of nitriles is 1. The fraction of sp³-hybridized carbons (Fsp3) is 0.350. The lowest BCUT2D eigenvalue weighted by Gasteiger charge is -2.18. The van der Waals surface area contributed by atoms with E-state index in [0.717, 1.165) is 9.80 Å². The van der Waals surface area contributed by atoms with Crippen LogP contribution in [-0.4, -0.2) is 66.8 Å². The Labute approximate surface area is 210 Å². The molecular weight excluding hydrogens is 505 g/mol. The second-order valence-electron chi connectivity index (χ2n) is 6.88. The molecule has 188 valence electrons. The van der Waals surface area contributed by atoms with Crippen LogP contribution >= 0.6 is 23.2 Å². The van der Waals surface area contributed by atoms with Crippen molar-refractivity contribution < 1.29 is 28.8 Å². The van der Waals surface area contributed by atoms with E-state index in [1.165, 1.54) is 31.4 Å². The third-order valence-corrected chi connectivity index (χ3v) is 4.23. The minimum absolute atomic E-state index is 0.143. The molecule has 15 heteroatoms. The number of rotatable bonds is 5. The van der Waals surface area contributed by atoms with Crippen LogP contribution < -0.4 is 20.9 Å². The first-order valence-corrected chi connectivity index (χ1v) is 10.7. The predicted molar refractivity (Wildman–Crippen MR) is 127 cm³/mol. The summed E-state index contributed by atoms with van der Waals surface area (Å²) in [5.41, 5.74) is -0.277. The van der Waals surface area contributed by atoms with Crippen LogP contribution in [-0.2, 0) is 14.4 Å². The van der Waals surface area contributed by atoms with Crippen molar-refractivity contribution in [2.45, 2.75) is 26.8 Å². The molecule has 0 bridgehead atoms. The van der Waals surface area contributed by atoms with Gasteiger partial charge in [-0.3, -0.25) is 14.9 Å². The number of amides is 8. The molecule has 1 aliphatic heterocycles. The highest BCUT2D eigenvalue weighted by Crippen LogP contribution is 2.28. The molecule has 1 aromatic rings. The molecule has 0 atom stereocenters. The molecule has 0 aliphatic carbocycles. The number of benzene rings is 1. The normalized spacial score (nSPS) is 13.0. The second-order valence-corrected chi connectivity index (χ2v) is 7.75. The Bertz CT molecular complexity index is 1050. The second kappa shape index (κ2) is 13.7. The van der Waals surface area contributed by atoms with Gasteiger partial charge in [0.15, 0.2) is 0 Å².